The average molecular weight is 438 g/mol. The third kappa shape index (κ3) is 4.36. The minimum atomic E-state index is -0.0580. The molecule has 0 spiro atoms. The highest BCUT2D eigenvalue weighted by Gasteiger charge is 2.17. The number of para-hydroxylation sites is 1. The quantitative estimate of drug-likeness (QED) is 0.411. The Hall–Kier alpha value is -4.33. The van der Waals surface area contributed by atoms with E-state index in [-0.39, 0.29) is 5.91 Å². The highest BCUT2D eigenvalue weighted by atomic mass is 16.1. The minimum absolute atomic E-state index is 0.0580. The highest BCUT2D eigenvalue weighted by molar-refractivity contribution is 5.91. The van der Waals surface area contributed by atoms with Crippen molar-refractivity contribution in [2.75, 3.05) is 5.32 Å². The maximum Gasteiger partial charge on any atom is 0.225 e. The lowest BCUT2D eigenvalue weighted by Gasteiger charge is -2.09. The number of nitrogens with zero attached hydrogens (tertiary/aromatic N) is 6. The summed E-state index contributed by atoms with van der Waals surface area (Å²) in [7, 11) is 0. The van der Waals surface area contributed by atoms with E-state index in [2.05, 4.69) is 37.6 Å². The summed E-state index contributed by atoms with van der Waals surface area (Å²) in [6.45, 7) is 1.88. The van der Waals surface area contributed by atoms with Crippen LogP contribution in [0.15, 0.2) is 79.3 Å². The van der Waals surface area contributed by atoms with Crippen LogP contribution in [0.25, 0.3) is 22.5 Å². The maximum absolute atomic E-state index is 12.6. The van der Waals surface area contributed by atoms with E-state index < -0.39 is 0 Å². The van der Waals surface area contributed by atoms with Gasteiger partial charge in [-0.3, -0.25) is 4.79 Å². The first-order chi connectivity index (χ1) is 16.2. The number of hydrogen-bond acceptors (Lipinski definition) is 5. The molecule has 164 valence electrons. The van der Waals surface area contributed by atoms with Gasteiger partial charge in [-0.15, -0.1) is 0 Å². The molecule has 0 aliphatic rings. The first-order valence-electron chi connectivity index (χ1n) is 10.8. The number of amides is 1. The highest BCUT2D eigenvalue weighted by Crippen LogP contribution is 2.24. The molecule has 0 atom stereocenters. The van der Waals surface area contributed by atoms with E-state index in [4.69, 9.17) is 0 Å². The SMILES string of the molecule is Cc1cc(NC(=O)CCCc2ccccc2)n(-c2ncnc3c2cnn3-c2ccccc2)n1. The van der Waals surface area contributed by atoms with Crippen molar-refractivity contribution in [3.8, 4) is 11.5 Å². The second kappa shape index (κ2) is 9.04. The summed E-state index contributed by atoms with van der Waals surface area (Å²) >= 11 is 0. The Morgan fingerprint density at radius 2 is 1.73 bits per heavy atom. The Balaban J connectivity index is 1.38. The van der Waals surface area contributed by atoms with Crippen molar-refractivity contribution in [2.24, 2.45) is 0 Å². The molecule has 0 aliphatic heterocycles. The number of anilines is 1. The first-order valence-corrected chi connectivity index (χ1v) is 10.8. The van der Waals surface area contributed by atoms with Gasteiger partial charge in [0.05, 0.1) is 23.0 Å². The molecule has 0 saturated heterocycles. The van der Waals surface area contributed by atoms with Crippen molar-refractivity contribution >= 4 is 22.8 Å². The normalized spacial score (nSPS) is 11.1. The third-order valence-electron chi connectivity index (χ3n) is 5.36. The fraction of sp³-hybridized carbons (Fsp3) is 0.160. The van der Waals surface area contributed by atoms with Crippen molar-refractivity contribution in [1.82, 2.24) is 29.5 Å². The van der Waals surface area contributed by atoms with E-state index >= 15 is 0 Å². The van der Waals surface area contributed by atoms with Gasteiger partial charge in [-0.05, 0) is 37.5 Å². The molecule has 5 aromatic rings. The number of carbonyl (C=O) groups is 1. The molecule has 0 bridgehead atoms. The lowest BCUT2D eigenvalue weighted by Crippen LogP contribution is -2.15. The van der Waals surface area contributed by atoms with E-state index in [1.807, 2.05) is 61.5 Å². The Labute approximate surface area is 190 Å². The van der Waals surface area contributed by atoms with Crippen molar-refractivity contribution in [1.29, 1.82) is 0 Å². The van der Waals surface area contributed by atoms with Crippen LogP contribution in [-0.2, 0) is 11.2 Å². The van der Waals surface area contributed by atoms with E-state index in [1.54, 1.807) is 15.6 Å². The zero-order valence-electron chi connectivity index (χ0n) is 18.2. The molecule has 3 aromatic heterocycles. The topological polar surface area (TPSA) is 90.5 Å². The number of benzene rings is 2. The van der Waals surface area contributed by atoms with Gasteiger partial charge in [-0.2, -0.15) is 14.9 Å². The van der Waals surface area contributed by atoms with Crippen molar-refractivity contribution < 1.29 is 4.79 Å². The molecule has 0 fully saturated rings. The van der Waals surface area contributed by atoms with Gasteiger partial charge in [0.25, 0.3) is 0 Å². The number of nitrogens with one attached hydrogen (secondary N) is 1. The van der Waals surface area contributed by atoms with Crippen LogP contribution in [0.3, 0.4) is 0 Å². The molecule has 0 saturated carbocycles. The molecule has 2 aromatic carbocycles. The largest absolute Gasteiger partial charge is 0.311 e. The number of rotatable bonds is 7. The van der Waals surface area contributed by atoms with Crippen LogP contribution in [0, 0.1) is 6.92 Å². The molecule has 1 N–H and O–H groups in total. The molecule has 8 heteroatoms. The fourth-order valence-electron chi connectivity index (χ4n) is 3.81. The zero-order chi connectivity index (χ0) is 22.6. The average Bonchev–Trinajstić information content (AvgIpc) is 3.43. The smallest absolute Gasteiger partial charge is 0.225 e. The predicted molar refractivity (Wildman–Crippen MR) is 127 cm³/mol. The zero-order valence-corrected chi connectivity index (χ0v) is 18.2. The molecule has 0 radical (unpaired) electrons. The van der Waals surface area contributed by atoms with Crippen molar-refractivity contribution in [3.05, 3.63) is 90.5 Å². The number of aryl methyl sites for hydroxylation is 2. The van der Waals surface area contributed by atoms with Crippen molar-refractivity contribution in [2.45, 2.75) is 26.2 Å². The molecule has 1 amide bonds. The summed E-state index contributed by atoms with van der Waals surface area (Å²) in [5.74, 6) is 1.08. The van der Waals surface area contributed by atoms with E-state index in [0.29, 0.717) is 23.7 Å². The first kappa shape index (κ1) is 20.6. The van der Waals surface area contributed by atoms with Crippen LogP contribution < -0.4 is 5.32 Å². The van der Waals surface area contributed by atoms with Gasteiger partial charge in [0.1, 0.15) is 12.1 Å². The summed E-state index contributed by atoms with van der Waals surface area (Å²) in [5, 5.41) is 12.8. The monoisotopic (exact) mass is 437 g/mol. The lowest BCUT2D eigenvalue weighted by atomic mass is 10.1. The molecular weight excluding hydrogens is 414 g/mol. The number of carbonyl (C=O) groups excluding carboxylic acids is 1. The molecule has 0 unspecified atom stereocenters. The van der Waals surface area contributed by atoms with Gasteiger partial charge in [-0.1, -0.05) is 48.5 Å². The Morgan fingerprint density at radius 1 is 0.970 bits per heavy atom. The Bertz CT molecular complexity index is 1390. The molecule has 0 aliphatic carbocycles. The molecule has 8 nitrogen and oxygen atoms in total. The Kier molecular flexibility index (Phi) is 5.63. The van der Waals surface area contributed by atoms with Crippen LogP contribution in [-0.4, -0.2) is 35.4 Å². The van der Waals surface area contributed by atoms with Crippen molar-refractivity contribution in [3.63, 3.8) is 0 Å². The van der Waals surface area contributed by atoms with Gasteiger partial charge in [0.2, 0.25) is 5.91 Å². The summed E-state index contributed by atoms with van der Waals surface area (Å²) in [6, 6.07) is 21.8. The summed E-state index contributed by atoms with van der Waals surface area (Å²) in [5.41, 5.74) is 3.57. The second-order valence-corrected chi connectivity index (χ2v) is 7.80. The predicted octanol–water partition coefficient (Wildman–Crippen LogP) is 4.27. The van der Waals surface area contributed by atoms with Crippen LogP contribution in [0.5, 0.6) is 0 Å². The van der Waals surface area contributed by atoms with Gasteiger partial charge in [0.15, 0.2) is 11.5 Å². The molecule has 5 rings (SSSR count). The van der Waals surface area contributed by atoms with Gasteiger partial charge in [-0.25, -0.2) is 14.6 Å². The van der Waals surface area contributed by atoms with Crippen LogP contribution >= 0.6 is 0 Å². The van der Waals surface area contributed by atoms with Crippen LogP contribution in [0.4, 0.5) is 5.82 Å². The van der Waals surface area contributed by atoms with Gasteiger partial charge >= 0.3 is 0 Å². The third-order valence-corrected chi connectivity index (χ3v) is 5.36. The minimum Gasteiger partial charge on any atom is -0.311 e. The fourth-order valence-corrected chi connectivity index (χ4v) is 3.81. The summed E-state index contributed by atoms with van der Waals surface area (Å²) in [4.78, 5) is 21.5. The standard InChI is InChI=1S/C25H23N7O/c1-18-15-22(29-23(33)14-8-11-19-9-4-2-5-10-19)32(30-18)25-21-16-28-31(24(21)26-17-27-25)20-12-6-3-7-13-20/h2-7,9-10,12-13,15-17H,8,11,14H2,1H3,(H,29,33). The summed E-state index contributed by atoms with van der Waals surface area (Å²) < 4.78 is 3.41. The van der Waals surface area contributed by atoms with Gasteiger partial charge < -0.3 is 5.32 Å². The van der Waals surface area contributed by atoms with E-state index in [9.17, 15) is 4.79 Å². The molecule has 33 heavy (non-hydrogen) atoms. The molecule has 3 heterocycles. The van der Waals surface area contributed by atoms with Crippen LogP contribution in [0.1, 0.15) is 24.1 Å². The summed E-state index contributed by atoms with van der Waals surface area (Å²) in [6.07, 6.45) is 5.26. The van der Waals surface area contributed by atoms with E-state index in [1.165, 1.54) is 11.9 Å². The Morgan fingerprint density at radius 3 is 2.52 bits per heavy atom. The number of hydrogen-bond donors (Lipinski definition) is 1. The number of aromatic nitrogens is 6. The second-order valence-electron chi connectivity index (χ2n) is 7.80. The van der Waals surface area contributed by atoms with Gasteiger partial charge in [0, 0.05) is 12.5 Å². The maximum atomic E-state index is 12.6. The van der Waals surface area contributed by atoms with E-state index in [0.717, 1.165) is 29.6 Å². The molecular formula is C25H23N7O. The van der Waals surface area contributed by atoms with Crippen LogP contribution in [0.2, 0.25) is 0 Å². The number of fused-ring (bicyclic) bond motifs is 1. The lowest BCUT2D eigenvalue weighted by molar-refractivity contribution is -0.116.